The molecule has 1 aliphatic rings. The number of nitro groups is 1. The summed E-state index contributed by atoms with van der Waals surface area (Å²) < 4.78 is 5.83. The minimum absolute atomic E-state index is 0.0433. The molecule has 3 aromatic rings. The maximum Gasteiger partial charge on any atom is 0.335 e. The molecule has 1 heterocycles. The Morgan fingerprint density at radius 2 is 1.75 bits per heavy atom. The van der Waals surface area contributed by atoms with Crippen LogP contribution in [0.1, 0.15) is 22.3 Å². The van der Waals surface area contributed by atoms with Crippen LogP contribution in [-0.4, -0.2) is 22.8 Å². The first kappa shape index (κ1) is 24.6. The molecule has 1 N–H and O–H groups in total. The predicted molar refractivity (Wildman–Crippen MR) is 134 cm³/mol. The fourth-order valence-corrected chi connectivity index (χ4v) is 4.09. The van der Waals surface area contributed by atoms with E-state index in [2.05, 4.69) is 11.4 Å². The number of hydrogen-bond acceptors (Lipinski definition) is 6. The molecule has 182 valence electrons. The minimum atomic E-state index is -1.00. The van der Waals surface area contributed by atoms with Crippen molar-refractivity contribution in [2.24, 2.45) is 0 Å². The number of nitro benzene ring substituents is 1. The summed E-state index contributed by atoms with van der Waals surface area (Å²) in [6.45, 7) is 4.31. The van der Waals surface area contributed by atoms with Gasteiger partial charge in [0.25, 0.3) is 17.5 Å². The van der Waals surface area contributed by atoms with Crippen LogP contribution in [0.3, 0.4) is 0 Å². The van der Waals surface area contributed by atoms with E-state index in [1.54, 1.807) is 12.1 Å². The Kier molecular flexibility index (Phi) is 6.84. The van der Waals surface area contributed by atoms with Gasteiger partial charge in [-0.3, -0.25) is 25.0 Å². The quantitative estimate of drug-likeness (QED) is 0.215. The van der Waals surface area contributed by atoms with Gasteiger partial charge in [-0.15, -0.1) is 0 Å². The molecule has 4 rings (SSSR count). The van der Waals surface area contributed by atoms with Gasteiger partial charge in [0.2, 0.25) is 0 Å². The summed E-state index contributed by atoms with van der Waals surface area (Å²) in [6.07, 6.45) is 1.29. The van der Waals surface area contributed by atoms with Gasteiger partial charge < -0.3 is 4.74 Å². The topological polar surface area (TPSA) is 119 Å². The zero-order valence-corrected chi connectivity index (χ0v) is 20.0. The van der Waals surface area contributed by atoms with Crippen LogP contribution in [0.4, 0.5) is 16.2 Å². The zero-order valence-electron chi connectivity index (χ0n) is 19.3. The number of imide groups is 2. The van der Waals surface area contributed by atoms with Gasteiger partial charge in [0.05, 0.1) is 15.6 Å². The Bertz CT molecular complexity index is 1430. The Morgan fingerprint density at radius 3 is 2.42 bits per heavy atom. The van der Waals surface area contributed by atoms with Crippen molar-refractivity contribution in [3.63, 3.8) is 0 Å². The third-order valence-corrected chi connectivity index (χ3v) is 5.64. The number of ether oxygens (including phenoxy) is 1. The van der Waals surface area contributed by atoms with Crippen molar-refractivity contribution < 1.29 is 24.0 Å². The zero-order chi connectivity index (χ0) is 26.0. The smallest absolute Gasteiger partial charge is 0.335 e. The summed E-state index contributed by atoms with van der Waals surface area (Å²) in [5.41, 5.74) is 2.97. The number of benzene rings is 3. The van der Waals surface area contributed by atoms with E-state index in [4.69, 9.17) is 16.3 Å². The van der Waals surface area contributed by atoms with Crippen LogP contribution in [0.5, 0.6) is 5.75 Å². The maximum atomic E-state index is 13.0. The SMILES string of the molecule is Cc1cc(C)cc(COc2ccc(/C=C3\C(=O)NC(=O)N(c4cccc([N+](=O)[O-])c4)C3=O)cc2Cl)c1. The monoisotopic (exact) mass is 505 g/mol. The molecule has 4 amide bonds. The van der Waals surface area contributed by atoms with Crippen LogP contribution in [0, 0.1) is 24.0 Å². The van der Waals surface area contributed by atoms with Crippen LogP contribution in [0.15, 0.2) is 66.2 Å². The molecule has 0 bridgehead atoms. The summed E-state index contributed by atoms with van der Waals surface area (Å²) in [6, 6.07) is 14.8. The molecule has 1 saturated heterocycles. The summed E-state index contributed by atoms with van der Waals surface area (Å²) >= 11 is 6.38. The Balaban J connectivity index is 1.57. The lowest BCUT2D eigenvalue weighted by molar-refractivity contribution is -0.384. The van der Waals surface area contributed by atoms with Crippen molar-refractivity contribution in [1.82, 2.24) is 5.32 Å². The van der Waals surface area contributed by atoms with Crippen molar-refractivity contribution in [1.29, 1.82) is 0 Å². The number of non-ortho nitro benzene ring substituents is 1. The van der Waals surface area contributed by atoms with Gasteiger partial charge in [-0.2, -0.15) is 0 Å². The molecule has 0 atom stereocenters. The molecule has 0 aliphatic carbocycles. The lowest BCUT2D eigenvalue weighted by atomic mass is 10.1. The largest absolute Gasteiger partial charge is 0.487 e. The van der Waals surface area contributed by atoms with Gasteiger partial charge in [0, 0.05) is 12.1 Å². The number of hydrogen-bond donors (Lipinski definition) is 1. The summed E-state index contributed by atoms with van der Waals surface area (Å²) in [4.78, 5) is 48.9. The van der Waals surface area contributed by atoms with E-state index in [1.165, 1.54) is 30.3 Å². The fraction of sp³-hybridized carbons (Fsp3) is 0.115. The van der Waals surface area contributed by atoms with Gasteiger partial charge in [-0.1, -0.05) is 53.1 Å². The lowest BCUT2D eigenvalue weighted by Gasteiger charge is -2.26. The second-order valence-corrected chi connectivity index (χ2v) is 8.62. The molecule has 10 heteroatoms. The maximum absolute atomic E-state index is 13.0. The molecule has 0 radical (unpaired) electrons. The van der Waals surface area contributed by atoms with Crippen molar-refractivity contribution in [2.75, 3.05) is 4.90 Å². The molecule has 1 fully saturated rings. The number of anilines is 1. The van der Waals surface area contributed by atoms with Gasteiger partial charge in [0.1, 0.15) is 17.9 Å². The van der Waals surface area contributed by atoms with Crippen LogP contribution in [-0.2, 0) is 16.2 Å². The summed E-state index contributed by atoms with van der Waals surface area (Å²) in [7, 11) is 0. The fourth-order valence-electron chi connectivity index (χ4n) is 3.84. The minimum Gasteiger partial charge on any atom is -0.487 e. The van der Waals surface area contributed by atoms with E-state index in [9.17, 15) is 24.5 Å². The van der Waals surface area contributed by atoms with E-state index < -0.39 is 22.8 Å². The van der Waals surface area contributed by atoms with Gasteiger partial charge in [-0.25, -0.2) is 9.69 Å². The second kappa shape index (κ2) is 10.0. The number of carbonyl (C=O) groups is 3. The number of halogens is 1. The number of rotatable bonds is 6. The van der Waals surface area contributed by atoms with Crippen molar-refractivity contribution in [3.8, 4) is 5.75 Å². The molecular formula is C26H20ClN3O6. The van der Waals surface area contributed by atoms with Crippen LogP contribution >= 0.6 is 11.6 Å². The van der Waals surface area contributed by atoms with Crippen LogP contribution in [0.2, 0.25) is 5.02 Å². The molecule has 0 unspecified atom stereocenters. The molecular weight excluding hydrogens is 486 g/mol. The Labute approximate surface area is 211 Å². The van der Waals surface area contributed by atoms with E-state index >= 15 is 0 Å². The number of nitrogens with one attached hydrogen (secondary N) is 1. The highest BCUT2D eigenvalue weighted by molar-refractivity contribution is 6.39. The third-order valence-electron chi connectivity index (χ3n) is 5.34. The molecule has 1 aliphatic heterocycles. The second-order valence-electron chi connectivity index (χ2n) is 8.21. The molecule has 0 saturated carbocycles. The van der Waals surface area contributed by atoms with E-state index in [0.717, 1.165) is 22.8 Å². The average Bonchev–Trinajstić information content (AvgIpc) is 2.80. The normalized spacial score (nSPS) is 14.7. The highest BCUT2D eigenvalue weighted by Gasteiger charge is 2.37. The first-order valence-electron chi connectivity index (χ1n) is 10.8. The van der Waals surface area contributed by atoms with Crippen molar-refractivity contribution in [3.05, 3.63) is 104 Å². The Hall–Kier alpha value is -4.50. The van der Waals surface area contributed by atoms with Crippen molar-refractivity contribution >= 4 is 46.9 Å². The average molecular weight is 506 g/mol. The number of urea groups is 1. The van der Waals surface area contributed by atoms with Gasteiger partial charge in [0.15, 0.2) is 0 Å². The first-order chi connectivity index (χ1) is 17.1. The number of carbonyl (C=O) groups excluding carboxylic acids is 3. The number of aryl methyl sites for hydroxylation is 2. The molecule has 0 spiro atoms. The van der Waals surface area contributed by atoms with E-state index in [-0.39, 0.29) is 22.0 Å². The molecule has 0 aromatic heterocycles. The van der Waals surface area contributed by atoms with E-state index in [0.29, 0.717) is 22.8 Å². The molecule has 36 heavy (non-hydrogen) atoms. The number of nitrogens with zero attached hydrogens (tertiary/aromatic N) is 2. The predicted octanol–water partition coefficient (Wildman–Crippen LogP) is 5.11. The van der Waals surface area contributed by atoms with Gasteiger partial charge in [-0.05, 0) is 49.2 Å². The highest BCUT2D eigenvalue weighted by Crippen LogP contribution is 2.29. The molecule has 9 nitrogen and oxygen atoms in total. The number of amides is 4. The first-order valence-corrected chi connectivity index (χ1v) is 11.2. The molecule has 3 aromatic carbocycles. The Morgan fingerprint density at radius 1 is 1.03 bits per heavy atom. The standard InChI is InChI=1S/C26H20ClN3O6/c1-15-8-16(2)10-18(9-15)14-36-23-7-6-17(12-22(23)27)11-21-24(31)28-26(33)29(25(21)32)19-4-3-5-20(13-19)30(34)35/h3-13H,14H2,1-2H3,(H,28,31,33)/b21-11+. The van der Waals surface area contributed by atoms with Crippen molar-refractivity contribution in [2.45, 2.75) is 20.5 Å². The third kappa shape index (κ3) is 5.26. The van der Waals surface area contributed by atoms with E-state index in [1.807, 2.05) is 26.0 Å². The van der Waals surface area contributed by atoms with Crippen LogP contribution < -0.4 is 15.0 Å². The summed E-state index contributed by atoms with van der Waals surface area (Å²) in [5.74, 6) is -1.39. The van der Waals surface area contributed by atoms with Gasteiger partial charge >= 0.3 is 6.03 Å². The summed E-state index contributed by atoms with van der Waals surface area (Å²) in [5, 5.41) is 13.4. The van der Waals surface area contributed by atoms with Crippen LogP contribution in [0.25, 0.3) is 6.08 Å². The lowest BCUT2D eigenvalue weighted by Crippen LogP contribution is -2.54. The highest BCUT2D eigenvalue weighted by atomic mass is 35.5. The number of barbiturate groups is 1.